The minimum Gasteiger partial charge on any atom is -0.496 e. The van der Waals surface area contributed by atoms with Crippen LogP contribution in [0.4, 0.5) is 0 Å². The zero-order valence-corrected chi connectivity index (χ0v) is 13.3. The van der Waals surface area contributed by atoms with Gasteiger partial charge in [-0.25, -0.2) is 0 Å². The van der Waals surface area contributed by atoms with Crippen molar-refractivity contribution in [3.8, 4) is 11.4 Å². The molecule has 2 aromatic rings. The second-order valence-corrected chi connectivity index (χ2v) is 4.43. The van der Waals surface area contributed by atoms with Crippen LogP contribution in [0, 0.1) is 0 Å². The summed E-state index contributed by atoms with van der Waals surface area (Å²) in [6, 6.07) is 13.6. The molecule has 0 aliphatic heterocycles. The van der Waals surface area contributed by atoms with Crippen molar-refractivity contribution in [2.75, 3.05) is 14.2 Å². The van der Waals surface area contributed by atoms with Crippen molar-refractivity contribution < 1.29 is 9.47 Å². The van der Waals surface area contributed by atoms with E-state index in [1.165, 1.54) is 10.8 Å². The van der Waals surface area contributed by atoms with Crippen molar-refractivity contribution in [2.24, 2.45) is 0 Å². The Morgan fingerprint density at radius 2 is 1.68 bits per heavy atom. The molecule has 19 heavy (non-hydrogen) atoms. The maximum absolute atomic E-state index is 5.07. The summed E-state index contributed by atoms with van der Waals surface area (Å²) in [6.07, 6.45) is 0. The molecule has 0 N–H and O–H groups in total. The molecular formula is C13H16BClO2S2. The van der Waals surface area contributed by atoms with Gasteiger partial charge in [0.1, 0.15) is 5.75 Å². The van der Waals surface area contributed by atoms with Crippen LogP contribution in [0.5, 0.6) is 11.4 Å². The van der Waals surface area contributed by atoms with Gasteiger partial charge >= 0.3 is 48.6 Å². The molecule has 2 nitrogen and oxygen atoms in total. The van der Waals surface area contributed by atoms with Crippen molar-refractivity contribution in [3.05, 3.63) is 48.4 Å². The molecule has 0 saturated carbocycles. The van der Waals surface area contributed by atoms with Crippen LogP contribution in [-0.4, -0.2) is 21.1 Å². The fraction of sp³-hybridized carbons (Fsp3) is 0.154. The molecule has 102 valence electrons. The predicted molar refractivity (Wildman–Crippen MR) is 89.4 cm³/mol. The van der Waals surface area contributed by atoms with Crippen LogP contribution < -0.4 is 9.47 Å². The Morgan fingerprint density at radius 3 is 2.11 bits per heavy atom. The average Bonchev–Trinajstić information content (AvgIpc) is 2.48. The van der Waals surface area contributed by atoms with Gasteiger partial charge in [-0.05, 0) is 12.1 Å². The summed E-state index contributed by atoms with van der Waals surface area (Å²) >= 11 is 4.07. The summed E-state index contributed by atoms with van der Waals surface area (Å²) in [4.78, 5) is 1.05. The molecule has 0 atom stereocenters. The molecule has 0 aliphatic rings. The van der Waals surface area contributed by atoms with Gasteiger partial charge in [0, 0.05) is 0 Å². The quantitative estimate of drug-likeness (QED) is 0.680. The number of hydrogen-bond acceptors (Lipinski definition) is 4. The monoisotopic (exact) mass is 314 g/mol. The van der Waals surface area contributed by atoms with E-state index < -0.39 is 0 Å². The first-order chi connectivity index (χ1) is 8.81. The fourth-order valence-corrected chi connectivity index (χ4v) is 2.08. The molecule has 0 aliphatic carbocycles. The Bertz CT molecular complexity index is 434. The molecule has 0 radical (unpaired) electrons. The largest absolute Gasteiger partial charge is 0.496 e. The first-order valence-electron chi connectivity index (χ1n) is 5.35. The van der Waals surface area contributed by atoms with Crippen LogP contribution >= 0.6 is 34.9 Å². The maximum atomic E-state index is 5.07. The average molecular weight is 315 g/mol. The maximum Gasteiger partial charge on any atom is 0.133 e. The van der Waals surface area contributed by atoms with Crippen LogP contribution in [0.1, 0.15) is 0 Å². The van der Waals surface area contributed by atoms with Gasteiger partial charge in [-0.15, -0.1) is 24.1 Å². The minimum atomic E-state index is 0. The number of halogens is 1. The number of thiol groups is 1. The predicted octanol–water partition coefficient (Wildman–Crippen LogP) is 4.09. The Hall–Kier alpha value is -0.775. The summed E-state index contributed by atoms with van der Waals surface area (Å²) in [5, 5.41) is 0. The van der Waals surface area contributed by atoms with E-state index in [2.05, 4.69) is 11.7 Å². The number of methoxy groups -OCH3 is 2. The number of ether oxygens (including phenoxy) is 2. The zero-order valence-electron chi connectivity index (χ0n) is 10.8. The molecule has 2 rings (SSSR count). The molecule has 1 heterocycles. The van der Waals surface area contributed by atoms with Crippen LogP contribution in [0.3, 0.4) is 0 Å². The van der Waals surface area contributed by atoms with E-state index in [1.54, 1.807) is 14.2 Å². The van der Waals surface area contributed by atoms with Crippen molar-refractivity contribution in [3.63, 3.8) is 0 Å². The molecule has 0 unspecified atom stereocenters. The Kier molecular flexibility index (Phi) is 10.6. The molecule has 0 amide bonds. The second-order valence-electron chi connectivity index (χ2n) is 3.26. The summed E-state index contributed by atoms with van der Waals surface area (Å²) < 4.78 is 9.98. The number of para-hydroxylation sites is 1. The van der Waals surface area contributed by atoms with Crippen LogP contribution in [0.25, 0.3) is 0 Å². The van der Waals surface area contributed by atoms with E-state index >= 15 is 0 Å². The van der Waals surface area contributed by atoms with E-state index in [9.17, 15) is 0 Å². The third-order valence-electron chi connectivity index (χ3n) is 2.15. The van der Waals surface area contributed by atoms with Gasteiger partial charge in [-0.2, -0.15) is 0 Å². The number of rotatable bonds is 3. The van der Waals surface area contributed by atoms with E-state index in [-0.39, 0.29) is 12.4 Å². The van der Waals surface area contributed by atoms with Gasteiger partial charge in [0.05, 0.1) is 12.0 Å². The molecule has 0 spiro atoms. The minimum absolute atomic E-state index is 0. The van der Waals surface area contributed by atoms with Gasteiger partial charge in [-0.1, -0.05) is 22.9 Å². The van der Waals surface area contributed by atoms with E-state index in [0.717, 1.165) is 16.3 Å². The Balaban J connectivity index is 0.000000331. The topological polar surface area (TPSA) is 18.5 Å². The van der Waals surface area contributed by atoms with Gasteiger partial charge in [0.25, 0.3) is 0 Å². The number of hydrogen-bond donors (Lipinski definition) is 1. The molecule has 1 aromatic carbocycles. The van der Waals surface area contributed by atoms with E-state index in [0.29, 0.717) is 0 Å². The first-order valence-corrected chi connectivity index (χ1v) is 7.22. The first kappa shape index (κ1) is 18.2. The van der Waals surface area contributed by atoms with Crippen molar-refractivity contribution >= 4 is 41.8 Å². The zero-order chi connectivity index (χ0) is 13.2. The number of benzene rings is 1. The third kappa shape index (κ3) is 6.80. The fourth-order valence-electron chi connectivity index (χ4n) is 1.25. The summed E-state index contributed by atoms with van der Waals surface area (Å²) in [5.74, 6) is 2.82. The van der Waals surface area contributed by atoms with Crippen molar-refractivity contribution in [1.82, 2.24) is 0 Å². The Morgan fingerprint density at radius 1 is 1.00 bits per heavy atom. The molecule has 0 bridgehead atoms. The molecule has 0 fully saturated rings. The van der Waals surface area contributed by atoms with E-state index in [1.807, 2.05) is 55.3 Å². The molecular weight excluding hydrogens is 299 g/mol. The molecule has 6 heteroatoms. The Labute approximate surface area is 130 Å². The SMILES string of the molecule is COc1bcccc1.COc1ccccc1SS.Cl. The normalized spacial score (nSPS) is 8.37. The van der Waals surface area contributed by atoms with Crippen LogP contribution in [0.15, 0.2) is 53.3 Å². The van der Waals surface area contributed by atoms with Gasteiger partial charge in [0.15, 0.2) is 0 Å². The van der Waals surface area contributed by atoms with Gasteiger partial charge in [0.2, 0.25) is 0 Å². The summed E-state index contributed by atoms with van der Waals surface area (Å²) in [7, 11) is 4.71. The van der Waals surface area contributed by atoms with Crippen molar-refractivity contribution in [1.29, 1.82) is 0 Å². The standard InChI is InChI=1S/C7H8OS2.C6H7BO.ClH/c1-8-6-4-2-3-5-7(6)10-9;1-8-6-4-2-3-5-7-6;/h2-5,9H,1H3;2-5H,1H3;1H. The smallest absolute Gasteiger partial charge is 0.133 e. The molecule has 1 aromatic heterocycles. The summed E-state index contributed by atoms with van der Waals surface area (Å²) in [6.45, 7) is 1.92. The van der Waals surface area contributed by atoms with Gasteiger partial charge < -0.3 is 4.74 Å². The molecule has 0 saturated heterocycles. The van der Waals surface area contributed by atoms with Crippen molar-refractivity contribution in [2.45, 2.75) is 4.90 Å². The third-order valence-corrected chi connectivity index (χ3v) is 3.27. The summed E-state index contributed by atoms with van der Waals surface area (Å²) in [5.41, 5.74) is 0.910. The van der Waals surface area contributed by atoms with Crippen LogP contribution in [0.2, 0.25) is 0 Å². The van der Waals surface area contributed by atoms with Crippen LogP contribution in [-0.2, 0) is 0 Å². The van der Waals surface area contributed by atoms with Gasteiger partial charge in [-0.3, -0.25) is 0 Å². The van der Waals surface area contributed by atoms with E-state index in [4.69, 9.17) is 9.47 Å². The second kappa shape index (κ2) is 11.1.